The first-order valence-electron chi connectivity index (χ1n) is 6.00. The Labute approximate surface area is 101 Å². The largest absolute Gasteiger partial charge is 0.477 e. The van der Waals surface area contributed by atoms with E-state index in [1.165, 1.54) is 6.42 Å². The molecule has 0 aliphatic carbocycles. The fourth-order valence-electron chi connectivity index (χ4n) is 2.61. The van der Waals surface area contributed by atoms with E-state index in [-0.39, 0.29) is 5.69 Å². The van der Waals surface area contributed by atoms with E-state index in [4.69, 9.17) is 5.11 Å². The van der Waals surface area contributed by atoms with Crippen LogP contribution < -0.4 is 4.90 Å². The zero-order valence-electron chi connectivity index (χ0n) is 10.3. The molecule has 2 unspecified atom stereocenters. The molecule has 4 heteroatoms. The molecule has 2 rings (SSSR count). The molecule has 1 aromatic rings. The van der Waals surface area contributed by atoms with Crippen LogP contribution in [0.5, 0.6) is 0 Å². The second-order valence-corrected chi connectivity index (χ2v) is 5.06. The molecule has 1 aromatic heterocycles. The lowest BCUT2D eigenvalue weighted by Crippen LogP contribution is -2.38. The van der Waals surface area contributed by atoms with E-state index in [2.05, 4.69) is 23.7 Å². The van der Waals surface area contributed by atoms with Crippen molar-refractivity contribution in [3.8, 4) is 0 Å². The van der Waals surface area contributed by atoms with E-state index in [1.54, 1.807) is 12.3 Å². The SMILES string of the molecule is CC1CC(C)CN(c2ccnc(C(=O)O)c2)C1. The van der Waals surface area contributed by atoms with Crippen LogP contribution in [0.3, 0.4) is 0 Å². The lowest BCUT2D eigenvalue weighted by molar-refractivity contribution is 0.0690. The summed E-state index contributed by atoms with van der Waals surface area (Å²) < 4.78 is 0. The highest BCUT2D eigenvalue weighted by Gasteiger charge is 2.22. The number of aromatic carboxylic acids is 1. The minimum absolute atomic E-state index is 0.119. The number of nitrogens with zero attached hydrogens (tertiary/aromatic N) is 2. The van der Waals surface area contributed by atoms with Crippen LogP contribution in [-0.2, 0) is 0 Å². The van der Waals surface area contributed by atoms with Gasteiger partial charge in [0.15, 0.2) is 0 Å². The molecule has 0 spiro atoms. The van der Waals surface area contributed by atoms with E-state index in [1.807, 2.05) is 6.07 Å². The Morgan fingerprint density at radius 2 is 2.06 bits per heavy atom. The molecule has 17 heavy (non-hydrogen) atoms. The molecule has 1 N–H and O–H groups in total. The Morgan fingerprint density at radius 3 is 2.65 bits per heavy atom. The molecule has 1 saturated heterocycles. The highest BCUT2D eigenvalue weighted by atomic mass is 16.4. The predicted molar refractivity (Wildman–Crippen MR) is 66.4 cm³/mol. The van der Waals surface area contributed by atoms with Crippen molar-refractivity contribution in [3.63, 3.8) is 0 Å². The summed E-state index contributed by atoms with van der Waals surface area (Å²) in [7, 11) is 0. The zero-order chi connectivity index (χ0) is 12.4. The van der Waals surface area contributed by atoms with Gasteiger partial charge in [-0.2, -0.15) is 0 Å². The maximum Gasteiger partial charge on any atom is 0.354 e. The standard InChI is InChI=1S/C13H18N2O2/c1-9-5-10(2)8-15(7-9)11-3-4-14-12(6-11)13(16)17/h3-4,6,9-10H,5,7-8H2,1-2H3,(H,16,17). The van der Waals surface area contributed by atoms with Gasteiger partial charge in [0.2, 0.25) is 0 Å². The number of carbonyl (C=O) groups is 1. The molecule has 0 aromatic carbocycles. The summed E-state index contributed by atoms with van der Waals surface area (Å²) >= 11 is 0. The van der Waals surface area contributed by atoms with Gasteiger partial charge < -0.3 is 10.0 Å². The van der Waals surface area contributed by atoms with Crippen molar-refractivity contribution in [2.24, 2.45) is 11.8 Å². The highest BCUT2D eigenvalue weighted by Crippen LogP contribution is 2.26. The molecule has 1 aliphatic heterocycles. The van der Waals surface area contributed by atoms with Crippen molar-refractivity contribution < 1.29 is 9.90 Å². The van der Waals surface area contributed by atoms with E-state index in [0.29, 0.717) is 11.8 Å². The number of carboxylic acid groups (broad SMARTS) is 1. The van der Waals surface area contributed by atoms with Crippen LogP contribution in [0, 0.1) is 11.8 Å². The maximum absolute atomic E-state index is 10.9. The van der Waals surface area contributed by atoms with E-state index < -0.39 is 5.97 Å². The number of carboxylic acids is 1. The Morgan fingerprint density at radius 1 is 1.41 bits per heavy atom. The molecule has 2 heterocycles. The predicted octanol–water partition coefficient (Wildman–Crippen LogP) is 2.26. The number of rotatable bonds is 2. The second kappa shape index (κ2) is 4.73. The molecule has 1 fully saturated rings. The van der Waals surface area contributed by atoms with Gasteiger partial charge in [0, 0.05) is 25.0 Å². The first kappa shape index (κ1) is 11.9. The molecule has 1 aliphatic rings. The molecule has 92 valence electrons. The Hall–Kier alpha value is -1.58. The molecular formula is C13H18N2O2. The third-order valence-electron chi connectivity index (χ3n) is 3.20. The smallest absolute Gasteiger partial charge is 0.354 e. The minimum atomic E-state index is -0.968. The highest BCUT2D eigenvalue weighted by molar-refractivity contribution is 5.86. The van der Waals surface area contributed by atoms with Gasteiger partial charge in [0.25, 0.3) is 0 Å². The average molecular weight is 234 g/mol. The molecule has 0 amide bonds. The van der Waals surface area contributed by atoms with Crippen LogP contribution in [0.2, 0.25) is 0 Å². The zero-order valence-corrected chi connectivity index (χ0v) is 10.3. The Balaban J connectivity index is 2.21. The topological polar surface area (TPSA) is 53.4 Å². The first-order valence-corrected chi connectivity index (χ1v) is 6.00. The third kappa shape index (κ3) is 2.75. The van der Waals surface area contributed by atoms with Crippen molar-refractivity contribution in [3.05, 3.63) is 24.0 Å². The van der Waals surface area contributed by atoms with Crippen LogP contribution in [0.4, 0.5) is 5.69 Å². The summed E-state index contributed by atoms with van der Waals surface area (Å²) in [6.07, 6.45) is 2.82. The lowest BCUT2D eigenvalue weighted by Gasteiger charge is -2.36. The van der Waals surface area contributed by atoms with Crippen molar-refractivity contribution in [2.75, 3.05) is 18.0 Å². The van der Waals surface area contributed by atoms with Gasteiger partial charge >= 0.3 is 5.97 Å². The summed E-state index contributed by atoms with van der Waals surface area (Å²) in [4.78, 5) is 17.0. The molecular weight excluding hydrogens is 216 g/mol. The summed E-state index contributed by atoms with van der Waals surface area (Å²) in [5.74, 6) is 0.338. The van der Waals surface area contributed by atoms with Crippen molar-refractivity contribution >= 4 is 11.7 Å². The minimum Gasteiger partial charge on any atom is -0.477 e. The van der Waals surface area contributed by atoms with E-state index in [9.17, 15) is 4.79 Å². The number of hydrogen-bond donors (Lipinski definition) is 1. The number of aromatic nitrogens is 1. The van der Waals surface area contributed by atoms with Crippen molar-refractivity contribution in [1.82, 2.24) is 4.98 Å². The van der Waals surface area contributed by atoms with Gasteiger partial charge in [-0.15, -0.1) is 0 Å². The van der Waals surface area contributed by atoms with Gasteiger partial charge in [-0.1, -0.05) is 13.8 Å². The summed E-state index contributed by atoms with van der Waals surface area (Å²) in [5, 5.41) is 8.93. The quantitative estimate of drug-likeness (QED) is 0.852. The van der Waals surface area contributed by atoms with Gasteiger partial charge in [-0.25, -0.2) is 9.78 Å². The number of piperidine rings is 1. The van der Waals surface area contributed by atoms with Crippen LogP contribution in [0.15, 0.2) is 18.3 Å². The van der Waals surface area contributed by atoms with Gasteiger partial charge in [-0.05, 0) is 30.4 Å². The van der Waals surface area contributed by atoms with E-state index in [0.717, 1.165) is 18.8 Å². The van der Waals surface area contributed by atoms with Crippen molar-refractivity contribution in [2.45, 2.75) is 20.3 Å². The fraction of sp³-hybridized carbons (Fsp3) is 0.538. The lowest BCUT2D eigenvalue weighted by atomic mass is 9.91. The maximum atomic E-state index is 10.9. The Bertz CT molecular complexity index is 410. The summed E-state index contributed by atoms with van der Waals surface area (Å²) in [6, 6.07) is 3.55. The first-order chi connectivity index (χ1) is 8.06. The fourth-order valence-corrected chi connectivity index (χ4v) is 2.61. The monoisotopic (exact) mass is 234 g/mol. The molecule has 0 bridgehead atoms. The number of pyridine rings is 1. The molecule has 0 radical (unpaired) electrons. The summed E-state index contributed by atoms with van der Waals surface area (Å²) in [6.45, 7) is 6.46. The Kier molecular flexibility index (Phi) is 3.31. The second-order valence-electron chi connectivity index (χ2n) is 5.06. The van der Waals surface area contributed by atoms with E-state index >= 15 is 0 Å². The van der Waals surface area contributed by atoms with Gasteiger partial charge in [-0.3, -0.25) is 0 Å². The van der Waals surface area contributed by atoms with Gasteiger partial charge in [0.05, 0.1) is 0 Å². The van der Waals surface area contributed by atoms with Crippen LogP contribution >= 0.6 is 0 Å². The van der Waals surface area contributed by atoms with Crippen molar-refractivity contribution in [1.29, 1.82) is 0 Å². The molecule has 2 atom stereocenters. The van der Waals surface area contributed by atoms with Crippen LogP contribution in [0.1, 0.15) is 30.8 Å². The third-order valence-corrected chi connectivity index (χ3v) is 3.20. The van der Waals surface area contributed by atoms with Gasteiger partial charge in [0.1, 0.15) is 5.69 Å². The molecule has 0 saturated carbocycles. The molecule has 4 nitrogen and oxygen atoms in total. The normalized spacial score (nSPS) is 24.7. The number of anilines is 1. The summed E-state index contributed by atoms with van der Waals surface area (Å²) in [5.41, 5.74) is 1.09. The van der Waals surface area contributed by atoms with Crippen LogP contribution in [-0.4, -0.2) is 29.1 Å². The van der Waals surface area contributed by atoms with Crippen LogP contribution in [0.25, 0.3) is 0 Å². The average Bonchev–Trinajstić information content (AvgIpc) is 2.28. The number of hydrogen-bond acceptors (Lipinski definition) is 3.